The van der Waals surface area contributed by atoms with Gasteiger partial charge in [-0.2, -0.15) is 0 Å². The Morgan fingerprint density at radius 3 is 2.55 bits per heavy atom. The quantitative estimate of drug-likeness (QED) is 0.626. The van der Waals surface area contributed by atoms with Crippen LogP contribution in [0.5, 0.6) is 0 Å². The van der Waals surface area contributed by atoms with E-state index in [-0.39, 0.29) is 11.9 Å². The van der Waals surface area contributed by atoms with Crippen molar-refractivity contribution in [2.45, 2.75) is 32.7 Å². The highest BCUT2D eigenvalue weighted by molar-refractivity contribution is 5.76. The molecule has 0 heterocycles. The van der Waals surface area contributed by atoms with Crippen molar-refractivity contribution in [3.05, 3.63) is 0 Å². The van der Waals surface area contributed by atoms with Gasteiger partial charge in [-0.15, -0.1) is 0 Å². The highest BCUT2D eigenvalue weighted by atomic mass is 16.1. The number of nitrogens with two attached hydrogens (primary N) is 1. The molecule has 0 fully saturated rings. The molecule has 0 aromatic heterocycles. The average Bonchev–Trinajstić information content (AvgIpc) is 2.02. The van der Waals surface area contributed by atoms with Crippen LogP contribution in [-0.4, -0.2) is 19.0 Å². The minimum absolute atomic E-state index is 0.0000463. The smallest absolute Gasteiger partial charge is 0.221 e. The van der Waals surface area contributed by atoms with Crippen LogP contribution in [0.15, 0.2) is 0 Å². The zero-order valence-electron chi connectivity index (χ0n) is 7.55. The standard InChI is InChI=1S/C8H18N2O/c1-4-6(2)7(9)5-8(11)10-3/h6-7H,4-5,9H2,1-3H3,(H,10,11). The Bertz CT molecular complexity index is 125. The van der Waals surface area contributed by atoms with E-state index in [2.05, 4.69) is 19.2 Å². The van der Waals surface area contributed by atoms with E-state index in [1.165, 1.54) is 0 Å². The molecule has 0 spiro atoms. The molecule has 0 radical (unpaired) electrons. The minimum atomic E-state index is -0.0000463. The van der Waals surface area contributed by atoms with Crippen LogP contribution in [0.4, 0.5) is 0 Å². The van der Waals surface area contributed by atoms with Crippen molar-refractivity contribution in [3.8, 4) is 0 Å². The monoisotopic (exact) mass is 158 g/mol. The summed E-state index contributed by atoms with van der Waals surface area (Å²) in [6.45, 7) is 4.14. The Morgan fingerprint density at radius 1 is 1.64 bits per heavy atom. The molecule has 0 bridgehead atoms. The van der Waals surface area contributed by atoms with E-state index in [0.717, 1.165) is 6.42 Å². The average molecular weight is 158 g/mol. The number of hydrogen-bond donors (Lipinski definition) is 2. The molecule has 0 saturated heterocycles. The predicted molar refractivity (Wildman–Crippen MR) is 46.1 cm³/mol. The summed E-state index contributed by atoms with van der Waals surface area (Å²) >= 11 is 0. The molecule has 1 amide bonds. The van der Waals surface area contributed by atoms with Crippen molar-refractivity contribution in [1.82, 2.24) is 5.32 Å². The number of carbonyl (C=O) groups is 1. The molecule has 0 rings (SSSR count). The molecule has 0 aromatic carbocycles. The van der Waals surface area contributed by atoms with Crippen LogP contribution < -0.4 is 11.1 Å². The molecule has 11 heavy (non-hydrogen) atoms. The summed E-state index contributed by atoms with van der Waals surface area (Å²) in [7, 11) is 1.63. The molecule has 3 N–H and O–H groups in total. The maximum Gasteiger partial charge on any atom is 0.221 e. The predicted octanol–water partition coefficient (Wildman–Crippen LogP) is 0.496. The molecule has 0 saturated carbocycles. The number of rotatable bonds is 4. The lowest BCUT2D eigenvalue weighted by Gasteiger charge is -2.16. The van der Waals surface area contributed by atoms with E-state index in [1.54, 1.807) is 7.05 Å². The van der Waals surface area contributed by atoms with Crippen LogP contribution in [0.3, 0.4) is 0 Å². The summed E-state index contributed by atoms with van der Waals surface area (Å²) in [6, 6.07) is -0.0000463. The normalized spacial score (nSPS) is 15.6. The summed E-state index contributed by atoms with van der Waals surface area (Å²) < 4.78 is 0. The van der Waals surface area contributed by atoms with Gasteiger partial charge >= 0.3 is 0 Å². The SMILES string of the molecule is CCC(C)C(N)CC(=O)NC. The van der Waals surface area contributed by atoms with Crippen LogP contribution in [0.1, 0.15) is 26.7 Å². The first-order valence-electron chi connectivity index (χ1n) is 4.08. The van der Waals surface area contributed by atoms with Crippen molar-refractivity contribution in [2.75, 3.05) is 7.05 Å². The second-order valence-electron chi connectivity index (χ2n) is 2.93. The Hall–Kier alpha value is -0.570. The third-order valence-electron chi connectivity index (χ3n) is 2.07. The lowest BCUT2D eigenvalue weighted by molar-refractivity contribution is -0.121. The summed E-state index contributed by atoms with van der Waals surface area (Å²) in [5.41, 5.74) is 5.74. The van der Waals surface area contributed by atoms with Crippen LogP contribution in [0, 0.1) is 5.92 Å². The molecule has 2 atom stereocenters. The molecule has 2 unspecified atom stereocenters. The zero-order valence-corrected chi connectivity index (χ0v) is 7.55. The van der Waals surface area contributed by atoms with Gasteiger partial charge in [-0.05, 0) is 5.92 Å². The molecule has 66 valence electrons. The van der Waals surface area contributed by atoms with Crippen molar-refractivity contribution in [2.24, 2.45) is 11.7 Å². The molecule has 0 aliphatic rings. The van der Waals surface area contributed by atoms with Crippen LogP contribution in [-0.2, 0) is 4.79 Å². The van der Waals surface area contributed by atoms with E-state index in [0.29, 0.717) is 12.3 Å². The lowest BCUT2D eigenvalue weighted by atomic mass is 9.97. The maximum atomic E-state index is 10.9. The van der Waals surface area contributed by atoms with Crippen molar-refractivity contribution >= 4 is 5.91 Å². The molecule has 3 nitrogen and oxygen atoms in total. The van der Waals surface area contributed by atoms with Crippen LogP contribution in [0.25, 0.3) is 0 Å². The van der Waals surface area contributed by atoms with Gasteiger partial charge in [0.15, 0.2) is 0 Å². The number of hydrogen-bond acceptors (Lipinski definition) is 2. The van der Waals surface area contributed by atoms with Crippen molar-refractivity contribution in [1.29, 1.82) is 0 Å². The topological polar surface area (TPSA) is 55.1 Å². The molecule has 0 aromatic rings. The van der Waals surface area contributed by atoms with Gasteiger partial charge in [0.1, 0.15) is 0 Å². The van der Waals surface area contributed by atoms with Gasteiger partial charge in [0, 0.05) is 19.5 Å². The largest absolute Gasteiger partial charge is 0.359 e. The Kier molecular flexibility index (Phi) is 4.86. The molecular formula is C8H18N2O. The zero-order chi connectivity index (χ0) is 8.85. The first kappa shape index (κ1) is 10.4. The fourth-order valence-corrected chi connectivity index (χ4v) is 0.820. The third kappa shape index (κ3) is 3.98. The summed E-state index contributed by atoms with van der Waals surface area (Å²) in [4.78, 5) is 10.9. The van der Waals surface area contributed by atoms with Gasteiger partial charge in [0.05, 0.1) is 0 Å². The Labute approximate surface area is 68.3 Å². The highest BCUT2D eigenvalue weighted by Crippen LogP contribution is 2.07. The number of nitrogens with one attached hydrogen (secondary N) is 1. The van der Waals surface area contributed by atoms with Crippen molar-refractivity contribution < 1.29 is 4.79 Å². The van der Waals surface area contributed by atoms with Gasteiger partial charge in [-0.25, -0.2) is 0 Å². The second kappa shape index (κ2) is 5.13. The molecule has 0 aliphatic heterocycles. The Balaban J connectivity index is 3.67. The fraction of sp³-hybridized carbons (Fsp3) is 0.875. The Morgan fingerprint density at radius 2 is 2.18 bits per heavy atom. The number of carbonyl (C=O) groups excluding carboxylic acids is 1. The molecule has 0 aliphatic carbocycles. The van der Waals surface area contributed by atoms with E-state index < -0.39 is 0 Å². The highest BCUT2D eigenvalue weighted by Gasteiger charge is 2.13. The number of amides is 1. The van der Waals surface area contributed by atoms with Crippen LogP contribution in [0.2, 0.25) is 0 Å². The van der Waals surface area contributed by atoms with Gasteiger partial charge < -0.3 is 11.1 Å². The third-order valence-corrected chi connectivity index (χ3v) is 2.07. The summed E-state index contributed by atoms with van der Waals surface area (Å²) in [5.74, 6) is 0.449. The van der Waals surface area contributed by atoms with E-state index in [1.807, 2.05) is 0 Å². The van der Waals surface area contributed by atoms with Crippen molar-refractivity contribution in [3.63, 3.8) is 0 Å². The van der Waals surface area contributed by atoms with E-state index >= 15 is 0 Å². The maximum absolute atomic E-state index is 10.9. The summed E-state index contributed by atoms with van der Waals surface area (Å²) in [6.07, 6.45) is 1.46. The summed E-state index contributed by atoms with van der Waals surface area (Å²) in [5, 5.41) is 2.56. The van der Waals surface area contributed by atoms with Gasteiger partial charge in [0.25, 0.3) is 0 Å². The molecular weight excluding hydrogens is 140 g/mol. The fourth-order valence-electron chi connectivity index (χ4n) is 0.820. The van der Waals surface area contributed by atoms with Crippen LogP contribution >= 0.6 is 0 Å². The molecule has 3 heteroatoms. The second-order valence-corrected chi connectivity index (χ2v) is 2.93. The first-order chi connectivity index (χ1) is 5.11. The lowest BCUT2D eigenvalue weighted by Crippen LogP contribution is -2.34. The van der Waals surface area contributed by atoms with Gasteiger partial charge in [-0.1, -0.05) is 20.3 Å². The first-order valence-corrected chi connectivity index (χ1v) is 4.08. The van der Waals surface area contributed by atoms with Gasteiger partial charge in [-0.3, -0.25) is 4.79 Å². The van der Waals surface area contributed by atoms with E-state index in [4.69, 9.17) is 5.73 Å². The van der Waals surface area contributed by atoms with E-state index in [9.17, 15) is 4.79 Å². The van der Waals surface area contributed by atoms with Gasteiger partial charge in [0.2, 0.25) is 5.91 Å². The minimum Gasteiger partial charge on any atom is -0.359 e.